The lowest BCUT2D eigenvalue weighted by molar-refractivity contribution is 0.434. The maximum absolute atomic E-state index is 5.23. The first-order valence-corrected chi connectivity index (χ1v) is 5.20. The third kappa shape index (κ3) is 2.01. The van der Waals surface area contributed by atoms with Crippen LogP contribution in [0.25, 0.3) is 0 Å². The molecule has 2 rings (SSSR count). The molecule has 1 aromatic heterocycles. The number of hydrazine groups is 1. The zero-order chi connectivity index (χ0) is 9.80. The molecule has 1 aromatic rings. The van der Waals surface area contributed by atoms with Crippen molar-refractivity contribution in [1.29, 1.82) is 0 Å². The third-order valence-corrected chi connectivity index (χ3v) is 2.86. The van der Waals surface area contributed by atoms with Crippen molar-refractivity contribution in [3.05, 3.63) is 17.8 Å². The van der Waals surface area contributed by atoms with Gasteiger partial charge in [-0.05, 0) is 25.0 Å². The van der Waals surface area contributed by atoms with Crippen LogP contribution in [0.4, 0.5) is 5.82 Å². The standard InChI is InChI=1S/C10H16N4/c11-12-10-7-6-9(13-14-10)8-4-2-1-3-5-8/h6-8H,1-5,11H2,(H,12,14). The Bertz CT molecular complexity index is 277. The van der Waals surface area contributed by atoms with E-state index in [0.29, 0.717) is 11.7 Å². The zero-order valence-corrected chi connectivity index (χ0v) is 8.24. The largest absolute Gasteiger partial charge is 0.307 e. The minimum atomic E-state index is 0.614. The van der Waals surface area contributed by atoms with Crippen LogP contribution in [0.1, 0.15) is 43.7 Å². The highest BCUT2D eigenvalue weighted by molar-refractivity contribution is 5.31. The van der Waals surface area contributed by atoms with E-state index in [-0.39, 0.29) is 0 Å². The molecule has 0 amide bonds. The van der Waals surface area contributed by atoms with Gasteiger partial charge in [-0.15, -0.1) is 5.10 Å². The highest BCUT2D eigenvalue weighted by Crippen LogP contribution is 2.31. The molecule has 1 heterocycles. The first-order valence-electron chi connectivity index (χ1n) is 5.20. The first kappa shape index (κ1) is 9.40. The summed E-state index contributed by atoms with van der Waals surface area (Å²) in [6.07, 6.45) is 6.52. The van der Waals surface area contributed by atoms with Gasteiger partial charge in [0, 0.05) is 5.92 Å². The molecule has 14 heavy (non-hydrogen) atoms. The summed E-state index contributed by atoms with van der Waals surface area (Å²) < 4.78 is 0. The summed E-state index contributed by atoms with van der Waals surface area (Å²) in [5.41, 5.74) is 3.60. The van der Waals surface area contributed by atoms with Crippen molar-refractivity contribution in [2.45, 2.75) is 38.0 Å². The van der Waals surface area contributed by atoms with Crippen LogP contribution in [0, 0.1) is 0 Å². The molecule has 0 spiro atoms. The minimum absolute atomic E-state index is 0.614. The SMILES string of the molecule is NNc1ccc(C2CCCCC2)nn1. The fraction of sp³-hybridized carbons (Fsp3) is 0.600. The van der Waals surface area contributed by atoms with Crippen molar-refractivity contribution in [2.24, 2.45) is 5.84 Å². The number of hydrogen-bond acceptors (Lipinski definition) is 4. The van der Waals surface area contributed by atoms with E-state index in [1.165, 1.54) is 32.1 Å². The van der Waals surface area contributed by atoms with Crippen molar-refractivity contribution in [1.82, 2.24) is 10.2 Å². The van der Waals surface area contributed by atoms with Crippen LogP contribution in [0.15, 0.2) is 12.1 Å². The fourth-order valence-electron chi connectivity index (χ4n) is 2.04. The molecule has 1 saturated carbocycles. The van der Waals surface area contributed by atoms with Gasteiger partial charge in [0.1, 0.15) is 0 Å². The molecule has 76 valence electrons. The number of nitrogens with zero attached hydrogens (tertiary/aromatic N) is 2. The summed E-state index contributed by atoms with van der Waals surface area (Å²) in [4.78, 5) is 0. The van der Waals surface area contributed by atoms with Crippen LogP contribution < -0.4 is 11.3 Å². The lowest BCUT2D eigenvalue weighted by atomic mass is 9.87. The van der Waals surface area contributed by atoms with Crippen molar-refractivity contribution >= 4 is 5.82 Å². The average Bonchev–Trinajstić information content (AvgIpc) is 2.30. The Hall–Kier alpha value is -1.16. The summed E-state index contributed by atoms with van der Waals surface area (Å²) in [5, 5.41) is 8.17. The predicted octanol–water partition coefficient (Wildman–Crippen LogP) is 1.81. The van der Waals surface area contributed by atoms with Gasteiger partial charge in [0.25, 0.3) is 0 Å². The van der Waals surface area contributed by atoms with E-state index in [1.54, 1.807) is 0 Å². The van der Waals surface area contributed by atoms with Gasteiger partial charge in [0.05, 0.1) is 5.69 Å². The van der Waals surface area contributed by atoms with E-state index in [9.17, 15) is 0 Å². The van der Waals surface area contributed by atoms with Crippen LogP contribution >= 0.6 is 0 Å². The molecule has 0 radical (unpaired) electrons. The second-order valence-corrected chi connectivity index (χ2v) is 3.82. The zero-order valence-electron chi connectivity index (χ0n) is 8.24. The topological polar surface area (TPSA) is 63.8 Å². The Morgan fingerprint density at radius 3 is 2.50 bits per heavy atom. The van der Waals surface area contributed by atoms with Gasteiger partial charge >= 0.3 is 0 Å². The highest BCUT2D eigenvalue weighted by Gasteiger charge is 2.16. The molecule has 0 bridgehead atoms. The van der Waals surface area contributed by atoms with E-state index in [2.05, 4.69) is 15.6 Å². The smallest absolute Gasteiger partial charge is 0.162 e. The second-order valence-electron chi connectivity index (χ2n) is 3.82. The summed E-state index contributed by atoms with van der Waals surface area (Å²) in [6, 6.07) is 3.91. The quantitative estimate of drug-likeness (QED) is 0.554. The van der Waals surface area contributed by atoms with Crippen molar-refractivity contribution in [3.8, 4) is 0 Å². The molecule has 0 atom stereocenters. The molecule has 0 saturated heterocycles. The number of nitrogens with two attached hydrogens (primary N) is 1. The Morgan fingerprint density at radius 2 is 1.93 bits per heavy atom. The lowest BCUT2D eigenvalue weighted by Crippen LogP contribution is -2.11. The monoisotopic (exact) mass is 192 g/mol. The van der Waals surface area contributed by atoms with Gasteiger partial charge in [-0.1, -0.05) is 19.3 Å². The lowest BCUT2D eigenvalue weighted by Gasteiger charge is -2.20. The molecule has 4 heteroatoms. The number of anilines is 1. The van der Waals surface area contributed by atoms with E-state index >= 15 is 0 Å². The Labute approximate surface area is 83.9 Å². The van der Waals surface area contributed by atoms with Crippen LogP contribution in [0.5, 0.6) is 0 Å². The molecule has 1 aliphatic rings. The van der Waals surface area contributed by atoms with Gasteiger partial charge in [0.15, 0.2) is 5.82 Å². The van der Waals surface area contributed by atoms with Crippen molar-refractivity contribution in [2.75, 3.05) is 5.43 Å². The molecule has 0 aliphatic heterocycles. The highest BCUT2D eigenvalue weighted by atomic mass is 15.3. The molecule has 4 nitrogen and oxygen atoms in total. The molecule has 0 unspecified atom stereocenters. The third-order valence-electron chi connectivity index (χ3n) is 2.86. The number of rotatable bonds is 2. The summed E-state index contributed by atoms with van der Waals surface area (Å²) in [6.45, 7) is 0. The predicted molar refractivity (Wildman–Crippen MR) is 55.7 cm³/mol. The van der Waals surface area contributed by atoms with E-state index in [0.717, 1.165) is 5.69 Å². The first-order chi connectivity index (χ1) is 6.90. The van der Waals surface area contributed by atoms with Gasteiger partial charge in [-0.25, -0.2) is 5.84 Å². The molecular formula is C10H16N4. The fourth-order valence-corrected chi connectivity index (χ4v) is 2.04. The number of aromatic nitrogens is 2. The number of hydrogen-bond donors (Lipinski definition) is 2. The molecular weight excluding hydrogens is 176 g/mol. The average molecular weight is 192 g/mol. The number of nitrogens with one attached hydrogen (secondary N) is 1. The van der Waals surface area contributed by atoms with Crippen LogP contribution in [-0.4, -0.2) is 10.2 Å². The van der Waals surface area contributed by atoms with E-state index in [4.69, 9.17) is 5.84 Å². The summed E-state index contributed by atoms with van der Waals surface area (Å²) >= 11 is 0. The van der Waals surface area contributed by atoms with Crippen molar-refractivity contribution in [3.63, 3.8) is 0 Å². The molecule has 3 N–H and O–H groups in total. The van der Waals surface area contributed by atoms with E-state index in [1.807, 2.05) is 12.1 Å². The maximum Gasteiger partial charge on any atom is 0.162 e. The van der Waals surface area contributed by atoms with Crippen LogP contribution in [0.2, 0.25) is 0 Å². The second kappa shape index (κ2) is 4.37. The van der Waals surface area contributed by atoms with Crippen molar-refractivity contribution < 1.29 is 0 Å². The van der Waals surface area contributed by atoms with Gasteiger partial charge in [-0.3, -0.25) is 0 Å². The minimum Gasteiger partial charge on any atom is -0.307 e. The summed E-state index contributed by atoms with van der Waals surface area (Å²) in [5.74, 6) is 6.47. The van der Waals surface area contributed by atoms with Gasteiger partial charge in [0.2, 0.25) is 0 Å². The van der Waals surface area contributed by atoms with Gasteiger partial charge < -0.3 is 5.43 Å². The molecule has 1 fully saturated rings. The summed E-state index contributed by atoms with van der Waals surface area (Å²) in [7, 11) is 0. The Balaban J connectivity index is 2.07. The number of nitrogen functional groups attached to an aromatic ring is 1. The van der Waals surface area contributed by atoms with E-state index < -0.39 is 0 Å². The maximum atomic E-state index is 5.23. The normalized spacial score (nSPS) is 18.1. The molecule has 1 aliphatic carbocycles. The molecule has 0 aromatic carbocycles. The Morgan fingerprint density at radius 1 is 1.14 bits per heavy atom. The van der Waals surface area contributed by atoms with Crippen LogP contribution in [-0.2, 0) is 0 Å². The Kier molecular flexibility index (Phi) is 2.93. The van der Waals surface area contributed by atoms with Crippen LogP contribution in [0.3, 0.4) is 0 Å². The van der Waals surface area contributed by atoms with Gasteiger partial charge in [-0.2, -0.15) is 5.10 Å².